The molecule has 0 spiro atoms. The summed E-state index contributed by atoms with van der Waals surface area (Å²) in [6, 6.07) is 18.5. The van der Waals surface area contributed by atoms with Gasteiger partial charge in [-0.15, -0.1) is 0 Å². The van der Waals surface area contributed by atoms with Crippen LogP contribution in [-0.4, -0.2) is 166 Å². The van der Waals surface area contributed by atoms with Crippen molar-refractivity contribution in [1.82, 2.24) is 59.7 Å². The second-order valence-corrected chi connectivity index (χ2v) is 22.4. The molecule has 444 valence electrons. The number of rotatable bonds is 16. The molecule has 82 heavy (non-hydrogen) atoms. The van der Waals surface area contributed by atoms with Crippen LogP contribution in [0.1, 0.15) is 64.2 Å². The minimum Gasteiger partial charge on any atom is -0.495 e. The number of halogens is 6. The molecule has 3 aliphatic carbocycles. The minimum atomic E-state index is 0.0112. The molecule has 3 aromatic heterocycles. The molecule has 6 aromatic rings. The van der Waals surface area contributed by atoms with Gasteiger partial charge < -0.3 is 61.2 Å². The van der Waals surface area contributed by atoms with Gasteiger partial charge in [0.25, 0.3) is 0 Å². The molecule has 5 aliphatic rings. The molecule has 0 bridgehead atoms. The number of nitrogens with zero attached hydrogens (tertiary/aromatic N) is 13. The maximum absolute atomic E-state index is 6.26. The normalized spacial score (nSPS) is 16.3. The van der Waals surface area contributed by atoms with Crippen LogP contribution in [-0.2, 0) is 0 Å². The van der Waals surface area contributed by atoms with Crippen LogP contribution in [0.4, 0.5) is 52.8 Å². The summed E-state index contributed by atoms with van der Waals surface area (Å²) >= 11 is 35.6. The van der Waals surface area contributed by atoms with Gasteiger partial charge in [0.1, 0.15) is 17.2 Å². The summed E-state index contributed by atoms with van der Waals surface area (Å²) in [5, 5.41) is 19.3. The van der Waals surface area contributed by atoms with E-state index >= 15 is 0 Å². The lowest BCUT2D eigenvalue weighted by molar-refractivity contribution is 0.146. The van der Waals surface area contributed by atoms with Crippen molar-refractivity contribution in [3.05, 3.63) is 85.5 Å². The Morgan fingerprint density at radius 3 is 1.15 bits per heavy atom. The highest BCUT2D eigenvalue weighted by atomic mass is 35.5. The number of methoxy groups -OCH3 is 3. The van der Waals surface area contributed by atoms with Gasteiger partial charge in [-0.2, -0.15) is 44.9 Å². The molecule has 3 aromatic carbocycles. The molecule has 3 saturated carbocycles. The SMILES string of the molecule is CN1CCC(N(C)N)CC1.COc1ccc(Nc2nc(Cl)nc(Cl)n2)cc1Cl.COc1ccc(Nc2nc(Cl)nc(NC3CC3)n2)cc1Cl.COc1ccc(Nc2nc(NC3CC3)nc(N(C)C3CCN(C)CC3)n2)cc1Cl.NC1CC1. The third-order valence-electron chi connectivity index (χ3n) is 13.3. The number of anilines is 9. The molecule has 0 amide bonds. The van der Waals surface area contributed by atoms with Crippen molar-refractivity contribution in [2.75, 3.05) is 107 Å². The summed E-state index contributed by atoms with van der Waals surface area (Å²) in [6.45, 7) is 4.55. The maximum atomic E-state index is 6.26. The van der Waals surface area contributed by atoms with Crippen LogP contribution in [0, 0.1) is 0 Å². The van der Waals surface area contributed by atoms with Gasteiger partial charge in [-0.3, -0.25) is 5.84 Å². The van der Waals surface area contributed by atoms with Crippen molar-refractivity contribution in [1.29, 1.82) is 0 Å². The first kappa shape index (κ1) is 64.0. The van der Waals surface area contributed by atoms with E-state index in [1.807, 2.05) is 30.3 Å². The molecule has 2 aliphatic heterocycles. The Balaban J connectivity index is 0.000000161. The van der Waals surface area contributed by atoms with E-state index in [2.05, 4.69) is 107 Å². The number of nitrogens with one attached hydrogen (secondary N) is 5. The Morgan fingerprint density at radius 2 is 0.793 bits per heavy atom. The Bertz CT molecular complexity index is 2970. The van der Waals surface area contributed by atoms with E-state index in [0.29, 0.717) is 98.0 Å². The quantitative estimate of drug-likeness (QED) is 0.0351. The van der Waals surface area contributed by atoms with Crippen molar-refractivity contribution >= 4 is 122 Å². The number of hydrogen-bond acceptors (Lipinski definition) is 23. The van der Waals surface area contributed by atoms with Gasteiger partial charge in [0.2, 0.25) is 51.5 Å². The van der Waals surface area contributed by atoms with Crippen molar-refractivity contribution in [2.45, 2.75) is 94.4 Å². The molecule has 0 unspecified atom stereocenters. The molecule has 0 radical (unpaired) electrons. The number of nitrogens with two attached hydrogens (primary N) is 2. The number of hydrogen-bond donors (Lipinski definition) is 7. The number of aromatic nitrogens is 9. The summed E-state index contributed by atoms with van der Waals surface area (Å²) in [5.41, 5.74) is 7.44. The zero-order chi connectivity index (χ0) is 58.9. The van der Waals surface area contributed by atoms with E-state index in [4.69, 9.17) is 95.4 Å². The molecule has 11 rings (SSSR count). The fourth-order valence-electron chi connectivity index (χ4n) is 7.98. The number of benzene rings is 3. The molecule has 0 atom stereocenters. The smallest absolute Gasteiger partial charge is 0.233 e. The molecule has 5 heterocycles. The summed E-state index contributed by atoms with van der Waals surface area (Å²) in [6.07, 6.45) is 11.7. The predicted octanol–water partition coefficient (Wildman–Crippen LogP) is 10.5. The number of piperidine rings is 2. The number of ether oxygens (including phenoxy) is 3. The second-order valence-electron chi connectivity index (χ2n) is 20.2. The largest absolute Gasteiger partial charge is 0.495 e. The van der Waals surface area contributed by atoms with Gasteiger partial charge >= 0.3 is 0 Å². The maximum Gasteiger partial charge on any atom is 0.233 e. The van der Waals surface area contributed by atoms with E-state index in [1.165, 1.54) is 38.8 Å². The van der Waals surface area contributed by atoms with E-state index in [0.717, 1.165) is 63.0 Å². The lowest BCUT2D eigenvalue weighted by atomic mass is 10.0. The van der Waals surface area contributed by atoms with E-state index in [1.54, 1.807) is 57.7 Å². The standard InChI is InChI=1S/C20H28ClN7O.C13H13Cl2N5O.C10H7Cl3N4O.C7H17N3.C3H7N/c1-27-10-8-15(9-11-27)28(2)20-25-18(22-13-4-5-13)24-19(26-20)23-14-6-7-17(29-3)16(21)12-14;1-21-10-5-4-8(6-9(10)14)17-13-19-11(15)18-12(20-13)16-7-2-3-7;1-18-7-3-2-5(4-6(7)11)14-10-16-8(12)15-9(13)17-10;1-9-5-3-7(4-6-9)10(2)8;4-3-1-2-3/h6-7,12-13,15H,4-5,8-11H2,1-3H3,(H2,22,23,24,25,26);4-7H,2-3H2,1H3,(H2,16,17,18,19,20);2-4H,1H3,(H,14,15,16,17);7H,3-6,8H2,1-2H3;3H,1-2,4H2. The van der Waals surface area contributed by atoms with Crippen LogP contribution in [0.25, 0.3) is 0 Å². The van der Waals surface area contributed by atoms with Crippen LogP contribution < -0.4 is 57.3 Å². The van der Waals surface area contributed by atoms with E-state index in [-0.39, 0.29) is 21.8 Å². The fourth-order valence-corrected chi connectivity index (χ4v) is 9.28. The molecule has 29 heteroatoms. The first-order valence-electron chi connectivity index (χ1n) is 26.8. The highest BCUT2D eigenvalue weighted by Gasteiger charge is 2.27. The monoisotopic (exact) mass is 1250 g/mol. The van der Waals surface area contributed by atoms with Gasteiger partial charge in [-0.1, -0.05) is 34.8 Å². The van der Waals surface area contributed by atoms with Crippen LogP contribution in [0.5, 0.6) is 17.2 Å². The molecular formula is C53H72Cl6N20O3. The highest BCUT2D eigenvalue weighted by Crippen LogP contribution is 2.33. The third kappa shape index (κ3) is 21.6. The Morgan fingerprint density at radius 1 is 0.463 bits per heavy atom. The third-order valence-corrected chi connectivity index (χ3v) is 14.7. The van der Waals surface area contributed by atoms with Crippen LogP contribution >= 0.6 is 69.6 Å². The Labute approximate surface area is 509 Å². The number of likely N-dealkylation sites (tertiary alicyclic amines) is 2. The van der Waals surface area contributed by atoms with Gasteiger partial charge in [-0.05, 0) is 194 Å². The first-order chi connectivity index (χ1) is 39.3. The molecule has 2 saturated heterocycles. The van der Waals surface area contributed by atoms with Crippen molar-refractivity contribution in [3.8, 4) is 17.2 Å². The van der Waals surface area contributed by atoms with Crippen molar-refractivity contribution in [2.24, 2.45) is 11.6 Å². The second kappa shape index (κ2) is 31.4. The lowest BCUT2D eigenvalue weighted by Crippen LogP contribution is -2.44. The summed E-state index contributed by atoms with van der Waals surface area (Å²) in [7, 11) is 13.1. The minimum absolute atomic E-state index is 0.0112. The van der Waals surface area contributed by atoms with Gasteiger partial charge in [0, 0.05) is 61.4 Å². The van der Waals surface area contributed by atoms with E-state index < -0.39 is 0 Å². The van der Waals surface area contributed by atoms with E-state index in [9.17, 15) is 0 Å². The zero-order valence-corrected chi connectivity index (χ0v) is 51.5. The van der Waals surface area contributed by atoms with Gasteiger partial charge in [0.05, 0.1) is 36.4 Å². The Hall–Kier alpha value is -5.57. The molecule has 23 nitrogen and oxygen atoms in total. The molecular weight excluding hydrogens is 1180 g/mol. The highest BCUT2D eigenvalue weighted by molar-refractivity contribution is 6.33. The molecule has 5 fully saturated rings. The van der Waals surface area contributed by atoms with Crippen molar-refractivity contribution < 1.29 is 14.2 Å². The zero-order valence-electron chi connectivity index (χ0n) is 46.9. The average Bonchev–Trinajstić information content (AvgIpc) is 4.43. The molecule has 9 N–H and O–H groups in total. The summed E-state index contributed by atoms with van der Waals surface area (Å²) in [4.78, 5) is 44.6. The lowest BCUT2D eigenvalue weighted by Gasteiger charge is -2.35. The first-order valence-corrected chi connectivity index (χ1v) is 29.0. The van der Waals surface area contributed by atoms with Crippen molar-refractivity contribution in [3.63, 3.8) is 0 Å². The average molecular weight is 1250 g/mol. The van der Waals surface area contributed by atoms with Crippen LogP contribution in [0.2, 0.25) is 30.9 Å². The van der Waals surface area contributed by atoms with Crippen LogP contribution in [0.15, 0.2) is 54.6 Å². The fraction of sp³-hybridized carbons (Fsp3) is 0.491. The number of hydrazine groups is 1. The summed E-state index contributed by atoms with van der Waals surface area (Å²) in [5.74, 6) is 10.3. The Kier molecular flexibility index (Phi) is 24.5. The summed E-state index contributed by atoms with van der Waals surface area (Å²) < 4.78 is 15.4. The van der Waals surface area contributed by atoms with Crippen LogP contribution in [0.3, 0.4) is 0 Å². The van der Waals surface area contributed by atoms with Gasteiger partial charge in [0.15, 0.2) is 0 Å². The predicted molar refractivity (Wildman–Crippen MR) is 330 cm³/mol. The van der Waals surface area contributed by atoms with Gasteiger partial charge in [-0.25, -0.2) is 5.01 Å². The topological polar surface area (TPSA) is 269 Å².